The van der Waals surface area contributed by atoms with Gasteiger partial charge in [0, 0.05) is 12.6 Å². The molecule has 0 unspecified atom stereocenters. The number of hydrogen-bond donors (Lipinski definition) is 1. The molecule has 0 saturated heterocycles. The Hall–Kier alpha value is -1.55. The lowest BCUT2D eigenvalue weighted by Gasteiger charge is -1.94. The van der Waals surface area contributed by atoms with Crippen LogP contribution in [0.2, 0.25) is 0 Å². The Labute approximate surface area is 74.6 Å². The molecule has 0 bridgehead atoms. The molecule has 4 heteroatoms. The molecule has 1 aromatic carbocycles. The zero-order chi connectivity index (χ0) is 9.42. The largest absolute Gasteiger partial charge is 0.419 e. The van der Waals surface area contributed by atoms with Gasteiger partial charge < -0.3 is 10.2 Å². The van der Waals surface area contributed by atoms with E-state index in [2.05, 4.69) is 5.73 Å². The van der Waals surface area contributed by atoms with Crippen molar-refractivity contribution >= 4 is 11.1 Å². The molecule has 4 nitrogen and oxygen atoms in total. The smallest absolute Gasteiger partial charge is 0.408 e. The van der Waals surface area contributed by atoms with E-state index in [9.17, 15) is 4.79 Å². The molecule has 0 spiro atoms. The molecule has 13 heavy (non-hydrogen) atoms. The molecular formula is C9H11N2O2+. The monoisotopic (exact) mass is 179 g/mol. The van der Waals surface area contributed by atoms with Gasteiger partial charge in [0.25, 0.3) is 0 Å². The van der Waals surface area contributed by atoms with Gasteiger partial charge in [-0.15, -0.1) is 0 Å². The van der Waals surface area contributed by atoms with Crippen LogP contribution in [0.1, 0.15) is 5.56 Å². The zero-order valence-corrected chi connectivity index (χ0v) is 7.41. The van der Waals surface area contributed by atoms with E-state index in [1.54, 1.807) is 13.1 Å². The lowest BCUT2D eigenvalue weighted by atomic mass is 10.2. The van der Waals surface area contributed by atoms with Gasteiger partial charge in [-0.25, -0.2) is 4.79 Å². The van der Waals surface area contributed by atoms with Gasteiger partial charge in [-0.05, 0) is 18.2 Å². The fraction of sp³-hybridized carbons (Fsp3) is 0.222. The van der Waals surface area contributed by atoms with E-state index in [0.717, 1.165) is 17.6 Å². The minimum atomic E-state index is -0.323. The summed E-state index contributed by atoms with van der Waals surface area (Å²) in [4.78, 5) is 11.1. The summed E-state index contributed by atoms with van der Waals surface area (Å²) in [6, 6.07) is 5.64. The Bertz CT molecular complexity index is 496. The van der Waals surface area contributed by atoms with Crippen LogP contribution in [0.3, 0.4) is 0 Å². The lowest BCUT2D eigenvalue weighted by molar-refractivity contribution is -0.386. The molecule has 0 radical (unpaired) electrons. The second-order valence-electron chi connectivity index (χ2n) is 2.98. The normalized spacial score (nSPS) is 10.9. The summed E-state index contributed by atoms with van der Waals surface area (Å²) in [6.07, 6.45) is 0. The summed E-state index contributed by atoms with van der Waals surface area (Å²) in [6.45, 7) is 0.718. The first-order valence-electron chi connectivity index (χ1n) is 4.10. The van der Waals surface area contributed by atoms with Crippen molar-refractivity contribution in [3.8, 4) is 0 Å². The van der Waals surface area contributed by atoms with E-state index in [1.807, 2.05) is 12.1 Å². The molecule has 0 atom stereocenters. The molecule has 0 saturated carbocycles. The highest BCUT2D eigenvalue weighted by Crippen LogP contribution is 2.13. The second kappa shape index (κ2) is 2.74. The summed E-state index contributed by atoms with van der Waals surface area (Å²) in [5.74, 6) is -0.323. The maximum absolute atomic E-state index is 11.1. The highest BCUT2D eigenvalue weighted by molar-refractivity contribution is 5.73. The molecule has 3 N–H and O–H groups in total. The standard InChI is InChI=1S/C9H10N2O2/c1-11-7-4-6(5-10)2-3-8(7)13-9(11)12/h2-4H,5,10H2,1H3/p+1. The van der Waals surface area contributed by atoms with Crippen LogP contribution in [0.15, 0.2) is 27.4 Å². The Kier molecular flexibility index (Phi) is 1.70. The SMILES string of the molecule is Cn1c(=O)oc2ccc(C[NH3+])cc21. The molecule has 0 fully saturated rings. The van der Waals surface area contributed by atoms with Gasteiger partial charge in [0.1, 0.15) is 0 Å². The van der Waals surface area contributed by atoms with Crippen molar-refractivity contribution in [1.82, 2.24) is 4.57 Å². The fourth-order valence-corrected chi connectivity index (χ4v) is 1.33. The van der Waals surface area contributed by atoms with E-state index in [4.69, 9.17) is 4.42 Å². The molecule has 1 aromatic heterocycles. The van der Waals surface area contributed by atoms with Gasteiger partial charge in [-0.2, -0.15) is 0 Å². The quantitative estimate of drug-likeness (QED) is 0.663. The van der Waals surface area contributed by atoms with Crippen molar-refractivity contribution in [2.75, 3.05) is 0 Å². The summed E-state index contributed by atoms with van der Waals surface area (Å²) in [7, 11) is 1.70. The number of oxazole rings is 1. The molecule has 1 heterocycles. The third kappa shape index (κ3) is 1.15. The van der Waals surface area contributed by atoms with E-state index in [-0.39, 0.29) is 5.76 Å². The topological polar surface area (TPSA) is 62.8 Å². The van der Waals surface area contributed by atoms with E-state index < -0.39 is 0 Å². The summed E-state index contributed by atoms with van der Waals surface area (Å²) >= 11 is 0. The predicted octanol–water partition coefficient (Wildman–Crippen LogP) is -0.127. The minimum Gasteiger partial charge on any atom is -0.408 e. The van der Waals surface area contributed by atoms with Gasteiger partial charge in [0.15, 0.2) is 5.58 Å². The first kappa shape index (κ1) is 8.07. The van der Waals surface area contributed by atoms with Crippen LogP contribution in [0.25, 0.3) is 11.1 Å². The van der Waals surface area contributed by atoms with Gasteiger partial charge in [-0.3, -0.25) is 4.57 Å². The Morgan fingerprint density at radius 1 is 1.54 bits per heavy atom. The predicted molar refractivity (Wildman–Crippen MR) is 48.0 cm³/mol. The van der Waals surface area contributed by atoms with Gasteiger partial charge in [0.2, 0.25) is 0 Å². The van der Waals surface area contributed by atoms with E-state index in [0.29, 0.717) is 5.58 Å². The Morgan fingerprint density at radius 2 is 2.31 bits per heavy atom. The zero-order valence-electron chi connectivity index (χ0n) is 7.41. The highest BCUT2D eigenvalue weighted by Gasteiger charge is 2.05. The van der Waals surface area contributed by atoms with Crippen LogP contribution in [-0.2, 0) is 13.6 Å². The van der Waals surface area contributed by atoms with Crippen LogP contribution in [-0.4, -0.2) is 4.57 Å². The van der Waals surface area contributed by atoms with Crippen LogP contribution < -0.4 is 11.5 Å². The van der Waals surface area contributed by atoms with Crippen LogP contribution >= 0.6 is 0 Å². The fourth-order valence-electron chi connectivity index (χ4n) is 1.33. The second-order valence-corrected chi connectivity index (χ2v) is 2.98. The molecule has 0 amide bonds. The van der Waals surface area contributed by atoms with Crippen LogP contribution in [0.5, 0.6) is 0 Å². The van der Waals surface area contributed by atoms with Gasteiger partial charge in [-0.1, -0.05) is 0 Å². The maximum atomic E-state index is 11.1. The maximum Gasteiger partial charge on any atom is 0.419 e. The summed E-state index contributed by atoms with van der Waals surface area (Å²) < 4.78 is 6.48. The average Bonchev–Trinajstić information content (AvgIpc) is 2.43. The number of rotatable bonds is 1. The number of aromatic nitrogens is 1. The first-order valence-corrected chi connectivity index (χ1v) is 4.10. The van der Waals surface area contributed by atoms with Gasteiger partial charge in [0.05, 0.1) is 12.1 Å². The number of fused-ring (bicyclic) bond motifs is 1. The van der Waals surface area contributed by atoms with Crippen LogP contribution in [0.4, 0.5) is 0 Å². The Morgan fingerprint density at radius 3 is 3.00 bits per heavy atom. The van der Waals surface area contributed by atoms with Crippen LogP contribution in [0, 0.1) is 0 Å². The van der Waals surface area contributed by atoms with Gasteiger partial charge >= 0.3 is 5.76 Å². The molecule has 0 aliphatic carbocycles. The Balaban J connectivity index is 2.82. The average molecular weight is 179 g/mol. The molecule has 0 aliphatic heterocycles. The molecular weight excluding hydrogens is 168 g/mol. The van der Waals surface area contributed by atoms with Crippen molar-refractivity contribution < 1.29 is 10.2 Å². The third-order valence-electron chi connectivity index (χ3n) is 2.14. The summed E-state index contributed by atoms with van der Waals surface area (Å²) in [5, 5.41) is 0. The number of hydrogen-bond acceptors (Lipinski definition) is 2. The van der Waals surface area contributed by atoms with Crippen molar-refractivity contribution in [3.63, 3.8) is 0 Å². The minimum absolute atomic E-state index is 0.323. The lowest BCUT2D eigenvalue weighted by Crippen LogP contribution is -2.47. The number of quaternary nitrogens is 1. The van der Waals surface area contributed by atoms with Crippen molar-refractivity contribution in [3.05, 3.63) is 34.3 Å². The van der Waals surface area contributed by atoms with Crippen molar-refractivity contribution in [1.29, 1.82) is 0 Å². The van der Waals surface area contributed by atoms with Crippen molar-refractivity contribution in [2.45, 2.75) is 6.54 Å². The number of benzene rings is 1. The first-order chi connectivity index (χ1) is 6.22. The number of aryl methyl sites for hydroxylation is 1. The van der Waals surface area contributed by atoms with E-state index >= 15 is 0 Å². The molecule has 2 aromatic rings. The summed E-state index contributed by atoms with van der Waals surface area (Å²) in [5.41, 5.74) is 6.34. The molecule has 2 rings (SSSR count). The number of nitrogens with zero attached hydrogens (tertiary/aromatic N) is 1. The molecule has 68 valence electrons. The van der Waals surface area contributed by atoms with E-state index in [1.165, 1.54) is 4.57 Å². The molecule has 0 aliphatic rings. The van der Waals surface area contributed by atoms with Crippen molar-refractivity contribution in [2.24, 2.45) is 7.05 Å². The third-order valence-corrected chi connectivity index (χ3v) is 2.14. The highest BCUT2D eigenvalue weighted by atomic mass is 16.4.